The maximum Gasteiger partial charge on any atom is 0.188 e. The van der Waals surface area contributed by atoms with E-state index in [0.29, 0.717) is 5.96 Å². The normalized spacial score (nSPS) is 17.3. The van der Waals surface area contributed by atoms with E-state index in [2.05, 4.69) is 22.1 Å². The molecule has 1 heterocycles. The van der Waals surface area contributed by atoms with Crippen LogP contribution in [0.15, 0.2) is 4.99 Å². The Morgan fingerprint density at radius 1 is 1.27 bits per heavy atom. The van der Waals surface area contributed by atoms with Crippen molar-refractivity contribution in [3.63, 3.8) is 0 Å². The maximum atomic E-state index is 5.82. The third-order valence-electron chi connectivity index (χ3n) is 4.02. The van der Waals surface area contributed by atoms with Crippen LogP contribution in [-0.2, 0) is 4.74 Å². The van der Waals surface area contributed by atoms with Gasteiger partial charge in [-0.15, -0.1) is 24.0 Å². The first-order chi connectivity index (χ1) is 10.2. The van der Waals surface area contributed by atoms with Crippen molar-refractivity contribution in [2.75, 3.05) is 45.9 Å². The summed E-state index contributed by atoms with van der Waals surface area (Å²) in [6.45, 7) is 11.3. The van der Waals surface area contributed by atoms with Crippen molar-refractivity contribution in [2.45, 2.75) is 46.0 Å². The van der Waals surface area contributed by atoms with Crippen molar-refractivity contribution in [1.82, 2.24) is 10.2 Å². The molecule has 0 radical (unpaired) electrons. The van der Waals surface area contributed by atoms with Gasteiger partial charge in [0.25, 0.3) is 0 Å². The first-order valence-corrected chi connectivity index (χ1v) is 8.56. The fourth-order valence-corrected chi connectivity index (χ4v) is 2.53. The minimum absolute atomic E-state index is 0. The summed E-state index contributed by atoms with van der Waals surface area (Å²) in [5.74, 6) is 1.49. The van der Waals surface area contributed by atoms with Gasteiger partial charge >= 0.3 is 0 Å². The number of hydrogen-bond acceptors (Lipinski definition) is 3. The predicted molar refractivity (Wildman–Crippen MR) is 105 cm³/mol. The second-order valence-corrected chi connectivity index (χ2v) is 5.98. The minimum atomic E-state index is 0. The number of hydrogen-bond donors (Lipinski definition) is 2. The van der Waals surface area contributed by atoms with Gasteiger partial charge in [0.05, 0.1) is 0 Å². The van der Waals surface area contributed by atoms with Gasteiger partial charge in [0.2, 0.25) is 0 Å². The second kappa shape index (κ2) is 14.5. The van der Waals surface area contributed by atoms with E-state index in [1.807, 2.05) is 6.92 Å². The molecule has 0 atom stereocenters. The zero-order chi connectivity index (χ0) is 15.3. The van der Waals surface area contributed by atoms with Gasteiger partial charge in [-0.3, -0.25) is 4.99 Å². The molecule has 0 saturated carbocycles. The average Bonchev–Trinajstić information content (AvgIpc) is 2.48. The molecular formula is C16H35IN4O. The fourth-order valence-electron chi connectivity index (χ4n) is 2.53. The van der Waals surface area contributed by atoms with E-state index < -0.39 is 0 Å². The Bertz CT molecular complexity index is 281. The van der Waals surface area contributed by atoms with Gasteiger partial charge in [-0.05, 0) is 64.6 Å². The summed E-state index contributed by atoms with van der Waals surface area (Å²) in [6.07, 6.45) is 6.04. The number of nitrogens with zero attached hydrogens (tertiary/aromatic N) is 2. The van der Waals surface area contributed by atoms with E-state index in [1.165, 1.54) is 38.9 Å². The molecule has 1 aliphatic heterocycles. The Labute approximate surface area is 153 Å². The molecule has 132 valence electrons. The fraction of sp³-hybridized carbons (Fsp3) is 0.938. The molecule has 0 unspecified atom stereocenters. The molecule has 0 aromatic carbocycles. The van der Waals surface area contributed by atoms with E-state index in [9.17, 15) is 0 Å². The van der Waals surface area contributed by atoms with Crippen molar-refractivity contribution >= 4 is 29.9 Å². The quantitative estimate of drug-likeness (QED) is 0.244. The van der Waals surface area contributed by atoms with Crippen LogP contribution in [0.3, 0.4) is 0 Å². The minimum Gasteiger partial charge on any atom is -0.382 e. The average molecular weight is 426 g/mol. The van der Waals surface area contributed by atoms with Crippen molar-refractivity contribution in [3.8, 4) is 0 Å². The van der Waals surface area contributed by atoms with Crippen LogP contribution in [0.2, 0.25) is 0 Å². The largest absolute Gasteiger partial charge is 0.382 e. The van der Waals surface area contributed by atoms with Crippen molar-refractivity contribution in [3.05, 3.63) is 0 Å². The number of piperidine rings is 1. The molecule has 0 spiro atoms. The first kappa shape index (κ1) is 21.9. The number of aliphatic imine (C=N–C) groups is 1. The van der Waals surface area contributed by atoms with E-state index in [0.717, 1.165) is 45.1 Å². The molecule has 0 bridgehead atoms. The van der Waals surface area contributed by atoms with Gasteiger partial charge in [-0.1, -0.05) is 6.92 Å². The summed E-state index contributed by atoms with van der Waals surface area (Å²) < 4.78 is 5.26. The molecular weight excluding hydrogens is 391 g/mol. The zero-order valence-electron chi connectivity index (χ0n) is 14.4. The molecule has 1 rings (SSSR count). The van der Waals surface area contributed by atoms with E-state index in [1.54, 1.807) is 0 Å². The van der Waals surface area contributed by atoms with Crippen LogP contribution in [0.25, 0.3) is 0 Å². The summed E-state index contributed by atoms with van der Waals surface area (Å²) in [7, 11) is 0. The van der Waals surface area contributed by atoms with Crippen LogP contribution >= 0.6 is 24.0 Å². The number of guanidine groups is 1. The lowest BCUT2D eigenvalue weighted by molar-refractivity contribution is 0.146. The van der Waals surface area contributed by atoms with E-state index >= 15 is 0 Å². The highest BCUT2D eigenvalue weighted by molar-refractivity contribution is 14.0. The number of rotatable bonds is 10. The van der Waals surface area contributed by atoms with Crippen LogP contribution in [0, 0.1) is 5.92 Å². The Morgan fingerprint density at radius 2 is 2.00 bits per heavy atom. The molecule has 0 aromatic heterocycles. The summed E-state index contributed by atoms with van der Waals surface area (Å²) in [4.78, 5) is 6.87. The van der Waals surface area contributed by atoms with Gasteiger partial charge < -0.3 is 20.7 Å². The monoisotopic (exact) mass is 426 g/mol. The second-order valence-electron chi connectivity index (χ2n) is 5.98. The molecule has 22 heavy (non-hydrogen) atoms. The SMILES string of the molecule is CCOCCCN=C(N)NCCCCN1CCC(C)CC1.I. The zero-order valence-corrected chi connectivity index (χ0v) is 16.7. The highest BCUT2D eigenvalue weighted by Crippen LogP contribution is 2.15. The highest BCUT2D eigenvalue weighted by Gasteiger charge is 2.14. The third kappa shape index (κ3) is 11.5. The van der Waals surface area contributed by atoms with E-state index in [-0.39, 0.29) is 24.0 Å². The number of nitrogens with two attached hydrogens (primary N) is 1. The van der Waals surface area contributed by atoms with Crippen LogP contribution in [0.5, 0.6) is 0 Å². The van der Waals surface area contributed by atoms with Crippen molar-refractivity contribution < 1.29 is 4.74 Å². The maximum absolute atomic E-state index is 5.82. The van der Waals surface area contributed by atoms with Crippen LogP contribution in [-0.4, -0.2) is 56.8 Å². The third-order valence-corrected chi connectivity index (χ3v) is 4.02. The molecule has 3 N–H and O–H groups in total. The lowest BCUT2D eigenvalue weighted by Crippen LogP contribution is -2.35. The first-order valence-electron chi connectivity index (χ1n) is 8.56. The van der Waals surface area contributed by atoms with Crippen LogP contribution in [0.1, 0.15) is 46.0 Å². The number of halogens is 1. The van der Waals surface area contributed by atoms with Crippen molar-refractivity contribution in [1.29, 1.82) is 0 Å². The predicted octanol–water partition coefficient (Wildman–Crippen LogP) is 2.45. The Balaban J connectivity index is 0.00000441. The summed E-state index contributed by atoms with van der Waals surface area (Å²) >= 11 is 0. The molecule has 5 nitrogen and oxygen atoms in total. The molecule has 1 saturated heterocycles. The van der Waals surface area contributed by atoms with Gasteiger partial charge in [0.1, 0.15) is 0 Å². The molecule has 0 amide bonds. The molecule has 0 aromatic rings. The Morgan fingerprint density at radius 3 is 2.68 bits per heavy atom. The van der Waals surface area contributed by atoms with E-state index in [4.69, 9.17) is 10.5 Å². The Hall–Kier alpha value is -0.0800. The summed E-state index contributed by atoms with van der Waals surface area (Å²) in [5, 5.41) is 3.19. The Kier molecular flexibility index (Phi) is 14.5. The molecule has 0 aliphatic carbocycles. The number of nitrogens with one attached hydrogen (secondary N) is 1. The number of unbranched alkanes of at least 4 members (excludes halogenated alkanes) is 1. The van der Waals surface area contributed by atoms with Crippen LogP contribution in [0.4, 0.5) is 0 Å². The van der Waals surface area contributed by atoms with Gasteiger partial charge in [0, 0.05) is 26.3 Å². The summed E-state index contributed by atoms with van der Waals surface area (Å²) in [6, 6.07) is 0. The lowest BCUT2D eigenvalue weighted by Gasteiger charge is -2.30. The molecule has 1 aliphatic rings. The van der Waals surface area contributed by atoms with Gasteiger partial charge in [-0.2, -0.15) is 0 Å². The lowest BCUT2D eigenvalue weighted by atomic mass is 9.99. The number of ether oxygens (including phenoxy) is 1. The van der Waals surface area contributed by atoms with Crippen molar-refractivity contribution in [2.24, 2.45) is 16.6 Å². The van der Waals surface area contributed by atoms with Gasteiger partial charge in [-0.25, -0.2) is 0 Å². The topological polar surface area (TPSA) is 62.9 Å². The van der Waals surface area contributed by atoms with Gasteiger partial charge in [0.15, 0.2) is 5.96 Å². The molecule has 1 fully saturated rings. The standard InChI is InChI=1S/C16H34N4O.HI/c1-3-21-14-6-10-19-16(17)18-9-4-5-11-20-12-7-15(2)8-13-20;/h15H,3-14H2,1-2H3,(H3,17,18,19);1H. The highest BCUT2D eigenvalue weighted by atomic mass is 127. The number of likely N-dealkylation sites (tertiary alicyclic amines) is 1. The van der Waals surface area contributed by atoms with Crippen LogP contribution < -0.4 is 11.1 Å². The smallest absolute Gasteiger partial charge is 0.188 e. The molecule has 6 heteroatoms. The summed E-state index contributed by atoms with van der Waals surface area (Å²) in [5.41, 5.74) is 5.82.